The molecule has 0 fully saturated rings. The molecule has 0 spiro atoms. The molecule has 0 radical (unpaired) electrons. The fourth-order valence-corrected chi connectivity index (χ4v) is 2.89. The van der Waals surface area contributed by atoms with Gasteiger partial charge in [-0.15, -0.1) is 0 Å². The summed E-state index contributed by atoms with van der Waals surface area (Å²) < 4.78 is 62.6. The summed E-state index contributed by atoms with van der Waals surface area (Å²) in [5, 5.41) is 1.12. The van der Waals surface area contributed by atoms with E-state index in [2.05, 4.69) is 0 Å². The van der Waals surface area contributed by atoms with E-state index in [1.807, 2.05) is 0 Å². The van der Waals surface area contributed by atoms with Gasteiger partial charge in [-0.2, -0.15) is 13.2 Å². The Balaban J connectivity index is 2.38. The molecule has 0 unspecified atom stereocenters. The summed E-state index contributed by atoms with van der Waals surface area (Å²) in [6.45, 7) is 0. The molecule has 2 aromatic carbocycles. The van der Waals surface area contributed by atoms with Gasteiger partial charge in [0.15, 0.2) is 9.84 Å². The molecule has 0 aliphatic carbocycles. The third-order valence-corrected chi connectivity index (χ3v) is 4.51. The third-order valence-electron chi connectivity index (χ3n) is 2.84. The highest BCUT2D eigenvalue weighted by Crippen LogP contribution is 2.32. The number of halogens is 4. The van der Waals surface area contributed by atoms with Crippen molar-refractivity contribution < 1.29 is 21.6 Å². The second-order valence-electron chi connectivity index (χ2n) is 4.39. The smallest absolute Gasteiger partial charge is 0.219 e. The third kappa shape index (κ3) is 3.90. The van der Waals surface area contributed by atoms with Crippen molar-refractivity contribution in [3.05, 3.63) is 70.1 Å². The van der Waals surface area contributed by atoms with Crippen LogP contribution in [0, 0.1) is 0 Å². The lowest BCUT2D eigenvalue weighted by atomic mass is 10.1. The predicted octanol–water partition coefficient (Wildman–Crippen LogP) is 4.80. The van der Waals surface area contributed by atoms with Crippen molar-refractivity contribution in [3.63, 3.8) is 0 Å². The van der Waals surface area contributed by atoms with E-state index >= 15 is 0 Å². The molecule has 0 bridgehead atoms. The highest BCUT2D eigenvalue weighted by molar-refractivity contribution is 7.94. The number of alkyl halides is 3. The Bertz CT molecular complexity index is 794. The van der Waals surface area contributed by atoms with E-state index in [1.54, 1.807) is 0 Å². The van der Waals surface area contributed by atoms with Crippen LogP contribution in [-0.2, 0) is 16.0 Å². The molecular weight excluding hydrogens is 337 g/mol. The zero-order valence-electron chi connectivity index (χ0n) is 11.0. The van der Waals surface area contributed by atoms with Gasteiger partial charge < -0.3 is 0 Å². The van der Waals surface area contributed by atoms with E-state index in [4.69, 9.17) is 11.6 Å². The standard InChI is InChI=1S/C15H10ClF3O2S/c16-12-5-7-13(8-6-12)22(20,21)10-9-11-3-1-2-4-14(11)15(17,18)19/h1-10H/b10-9+. The average molecular weight is 347 g/mol. The monoisotopic (exact) mass is 346 g/mol. The molecule has 0 aromatic heterocycles. The maximum Gasteiger partial charge on any atom is 0.416 e. The fourth-order valence-electron chi connectivity index (χ4n) is 1.77. The van der Waals surface area contributed by atoms with Gasteiger partial charge in [0.2, 0.25) is 0 Å². The molecule has 0 amide bonds. The summed E-state index contributed by atoms with van der Waals surface area (Å²) in [6.07, 6.45) is -3.61. The zero-order chi connectivity index (χ0) is 16.4. The van der Waals surface area contributed by atoms with Crippen molar-refractivity contribution in [2.24, 2.45) is 0 Å². The van der Waals surface area contributed by atoms with Crippen LogP contribution in [0.2, 0.25) is 5.02 Å². The second kappa shape index (κ2) is 6.14. The second-order valence-corrected chi connectivity index (χ2v) is 6.66. The predicted molar refractivity (Wildman–Crippen MR) is 79.1 cm³/mol. The summed E-state index contributed by atoms with van der Waals surface area (Å²) in [4.78, 5) is -0.0439. The minimum atomic E-state index is -4.55. The minimum absolute atomic E-state index is 0.0439. The number of hydrogen-bond donors (Lipinski definition) is 0. The molecule has 0 aliphatic heterocycles. The lowest BCUT2D eigenvalue weighted by Gasteiger charge is -2.09. The topological polar surface area (TPSA) is 34.1 Å². The Morgan fingerprint density at radius 2 is 1.55 bits per heavy atom. The molecule has 0 heterocycles. The van der Waals surface area contributed by atoms with E-state index in [9.17, 15) is 21.6 Å². The summed E-state index contributed by atoms with van der Waals surface area (Å²) in [5.41, 5.74) is -1.11. The van der Waals surface area contributed by atoms with Crippen molar-refractivity contribution in [2.75, 3.05) is 0 Å². The lowest BCUT2D eigenvalue weighted by molar-refractivity contribution is -0.137. The van der Waals surface area contributed by atoms with Gasteiger partial charge in [-0.1, -0.05) is 29.8 Å². The zero-order valence-corrected chi connectivity index (χ0v) is 12.6. The Morgan fingerprint density at radius 1 is 0.955 bits per heavy atom. The Morgan fingerprint density at radius 3 is 2.14 bits per heavy atom. The Hall–Kier alpha value is -1.79. The van der Waals surface area contributed by atoms with Gasteiger partial charge in [-0.25, -0.2) is 8.42 Å². The molecule has 2 nitrogen and oxygen atoms in total. The molecular formula is C15H10ClF3O2S. The normalized spacial score (nSPS) is 12.7. The van der Waals surface area contributed by atoms with Gasteiger partial charge >= 0.3 is 6.18 Å². The van der Waals surface area contributed by atoms with Gasteiger partial charge in [-0.3, -0.25) is 0 Å². The highest BCUT2D eigenvalue weighted by Gasteiger charge is 2.32. The largest absolute Gasteiger partial charge is 0.416 e. The number of sulfone groups is 1. The number of rotatable bonds is 3. The summed E-state index contributed by atoms with van der Waals surface area (Å²) in [5.74, 6) is 0. The van der Waals surface area contributed by atoms with Crippen LogP contribution in [0.4, 0.5) is 13.2 Å². The molecule has 0 saturated carbocycles. The van der Waals surface area contributed by atoms with E-state index in [1.165, 1.54) is 42.5 Å². The van der Waals surface area contributed by atoms with E-state index in [-0.39, 0.29) is 10.5 Å². The molecule has 7 heteroatoms. The first kappa shape index (κ1) is 16.6. The maximum absolute atomic E-state index is 12.8. The number of benzene rings is 2. The van der Waals surface area contributed by atoms with Crippen LogP contribution < -0.4 is 0 Å². The number of hydrogen-bond acceptors (Lipinski definition) is 2. The van der Waals surface area contributed by atoms with Gasteiger partial charge in [0.05, 0.1) is 10.5 Å². The summed E-state index contributed by atoms with van der Waals surface area (Å²) >= 11 is 5.67. The van der Waals surface area contributed by atoms with Gasteiger partial charge in [-0.05, 0) is 42.0 Å². The van der Waals surface area contributed by atoms with Crippen molar-refractivity contribution >= 4 is 27.5 Å². The first-order valence-electron chi connectivity index (χ1n) is 6.05. The van der Waals surface area contributed by atoms with Gasteiger partial charge in [0.1, 0.15) is 0 Å². The van der Waals surface area contributed by atoms with Crippen LogP contribution in [0.1, 0.15) is 11.1 Å². The fraction of sp³-hybridized carbons (Fsp3) is 0.0667. The maximum atomic E-state index is 12.8. The van der Waals surface area contributed by atoms with Crippen LogP contribution in [-0.4, -0.2) is 8.42 Å². The molecule has 0 aliphatic rings. The average Bonchev–Trinajstić information content (AvgIpc) is 2.45. The van der Waals surface area contributed by atoms with Crippen LogP contribution in [0.5, 0.6) is 0 Å². The van der Waals surface area contributed by atoms with Crippen LogP contribution in [0.3, 0.4) is 0 Å². The van der Waals surface area contributed by atoms with Crippen molar-refractivity contribution in [2.45, 2.75) is 11.1 Å². The van der Waals surface area contributed by atoms with Gasteiger partial charge in [0.25, 0.3) is 0 Å². The minimum Gasteiger partial charge on any atom is -0.219 e. The van der Waals surface area contributed by atoms with E-state index in [0.717, 1.165) is 17.6 Å². The van der Waals surface area contributed by atoms with E-state index in [0.29, 0.717) is 5.02 Å². The molecule has 2 rings (SSSR count). The molecule has 22 heavy (non-hydrogen) atoms. The summed E-state index contributed by atoms with van der Waals surface area (Å²) in [7, 11) is -3.84. The first-order valence-corrected chi connectivity index (χ1v) is 7.97. The molecule has 0 N–H and O–H groups in total. The van der Waals surface area contributed by atoms with Crippen LogP contribution in [0.25, 0.3) is 6.08 Å². The molecule has 2 aromatic rings. The Kier molecular flexibility index (Phi) is 4.63. The molecule has 0 saturated heterocycles. The Labute approximate surface area is 130 Å². The quantitative estimate of drug-likeness (QED) is 0.799. The van der Waals surface area contributed by atoms with Crippen LogP contribution in [0.15, 0.2) is 58.8 Å². The lowest BCUT2D eigenvalue weighted by Crippen LogP contribution is -2.07. The van der Waals surface area contributed by atoms with Crippen LogP contribution >= 0.6 is 11.6 Å². The molecule has 116 valence electrons. The highest BCUT2D eigenvalue weighted by atomic mass is 35.5. The van der Waals surface area contributed by atoms with Crippen molar-refractivity contribution in [1.82, 2.24) is 0 Å². The van der Waals surface area contributed by atoms with Crippen molar-refractivity contribution in [3.8, 4) is 0 Å². The SMILES string of the molecule is O=S(=O)(/C=C/c1ccccc1C(F)(F)F)c1ccc(Cl)cc1. The van der Waals surface area contributed by atoms with E-state index < -0.39 is 21.6 Å². The first-order chi connectivity index (χ1) is 10.2. The molecule has 0 atom stereocenters. The van der Waals surface area contributed by atoms with Gasteiger partial charge in [0, 0.05) is 10.4 Å². The van der Waals surface area contributed by atoms with Crippen molar-refractivity contribution in [1.29, 1.82) is 0 Å². The summed E-state index contributed by atoms with van der Waals surface area (Å²) in [6, 6.07) is 10.1.